The second kappa shape index (κ2) is 6.39. The van der Waals surface area contributed by atoms with Gasteiger partial charge in [-0.25, -0.2) is 0 Å². The van der Waals surface area contributed by atoms with Crippen molar-refractivity contribution in [2.45, 2.75) is 32.1 Å². The van der Waals surface area contributed by atoms with Crippen LogP contribution >= 0.6 is 0 Å². The molecule has 0 aliphatic rings. The zero-order valence-corrected chi connectivity index (χ0v) is 11.8. The monoisotopic (exact) mass is 274 g/mol. The molecule has 19 heavy (non-hydrogen) atoms. The molecule has 2 atom stereocenters. The summed E-state index contributed by atoms with van der Waals surface area (Å²) in [5, 5.41) is 3.32. The number of alkyl halides is 3. The Hall–Kier alpha value is -1.07. The maximum atomic E-state index is 12.4. The first-order valence-corrected chi connectivity index (χ1v) is 6.28. The molecule has 1 aromatic carbocycles. The van der Waals surface area contributed by atoms with Gasteiger partial charge in [-0.2, -0.15) is 13.2 Å². The highest BCUT2D eigenvalue weighted by molar-refractivity contribution is 5.26. The van der Waals surface area contributed by atoms with Crippen molar-refractivity contribution in [2.75, 3.05) is 20.6 Å². The minimum atomic E-state index is -4.27. The second-order valence-electron chi connectivity index (χ2n) is 5.06. The quantitative estimate of drug-likeness (QED) is 0.886. The van der Waals surface area contributed by atoms with E-state index in [0.29, 0.717) is 6.04 Å². The van der Waals surface area contributed by atoms with E-state index in [4.69, 9.17) is 0 Å². The summed E-state index contributed by atoms with van der Waals surface area (Å²) in [4.78, 5) is 2.09. The fourth-order valence-corrected chi connectivity index (χ4v) is 1.61. The van der Waals surface area contributed by atoms with Crippen LogP contribution in [0, 0.1) is 0 Å². The third kappa shape index (κ3) is 4.84. The van der Waals surface area contributed by atoms with Crippen LogP contribution in [0.15, 0.2) is 24.3 Å². The summed E-state index contributed by atoms with van der Waals surface area (Å²) in [6.07, 6.45) is -4.27. The van der Waals surface area contributed by atoms with Crippen LogP contribution in [0.5, 0.6) is 0 Å². The molecule has 0 saturated carbocycles. The molecule has 2 nitrogen and oxygen atoms in total. The van der Waals surface area contributed by atoms with E-state index < -0.39 is 11.7 Å². The number of halogens is 3. The molecule has 0 aromatic heterocycles. The molecule has 1 rings (SSSR count). The van der Waals surface area contributed by atoms with E-state index in [1.54, 1.807) is 0 Å². The Balaban J connectivity index is 2.61. The Morgan fingerprint density at radius 3 is 2.05 bits per heavy atom. The lowest BCUT2D eigenvalue weighted by Crippen LogP contribution is -2.36. The molecule has 0 radical (unpaired) electrons. The first-order chi connectivity index (χ1) is 8.71. The fraction of sp³-hybridized carbons (Fsp3) is 0.571. The van der Waals surface area contributed by atoms with E-state index in [2.05, 4.69) is 17.1 Å². The Morgan fingerprint density at radius 2 is 1.63 bits per heavy atom. The van der Waals surface area contributed by atoms with Gasteiger partial charge >= 0.3 is 6.18 Å². The lowest BCUT2D eigenvalue weighted by molar-refractivity contribution is -0.137. The number of nitrogens with one attached hydrogen (secondary N) is 1. The normalized spacial score (nSPS) is 15.6. The van der Waals surface area contributed by atoms with E-state index in [-0.39, 0.29) is 6.04 Å². The average molecular weight is 274 g/mol. The van der Waals surface area contributed by atoms with E-state index in [0.717, 1.165) is 24.2 Å². The van der Waals surface area contributed by atoms with Gasteiger partial charge in [-0.1, -0.05) is 12.1 Å². The van der Waals surface area contributed by atoms with Crippen LogP contribution in [-0.4, -0.2) is 31.6 Å². The summed E-state index contributed by atoms with van der Waals surface area (Å²) < 4.78 is 37.3. The predicted octanol–water partition coefficient (Wildman–Crippen LogP) is 3.31. The zero-order valence-electron chi connectivity index (χ0n) is 11.8. The number of nitrogens with zero attached hydrogens (tertiary/aromatic N) is 1. The summed E-state index contributed by atoms with van der Waals surface area (Å²) >= 11 is 0. The molecule has 0 spiro atoms. The number of rotatable bonds is 5. The maximum absolute atomic E-state index is 12.4. The molecule has 0 heterocycles. The molecule has 1 aromatic rings. The summed E-state index contributed by atoms with van der Waals surface area (Å²) in [7, 11) is 3.99. The van der Waals surface area contributed by atoms with Crippen molar-refractivity contribution in [1.82, 2.24) is 10.2 Å². The molecule has 108 valence electrons. The third-order valence-electron chi connectivity index (χ3n) is 3.34. The van der Waals surface area contributed by atoms with Crippen LogP contribution < -0.4 is 5.32 Å². The van der Waals surface area contributed by atoms with Crippen LogP contribution in [0.3, 0.4) is 0 Å². The van der Waals surface area contributed by atoms with Gasteiger partial charge < -0.3 is 10.2 Å². The molecule has 0 aliphatic heterocycles. The first kappa shape index (κ1) is 16.0. The third-order valence-corrected chi connectivity index (χ3v) is 3.34. The zero-order chi connectivity index (χ0) is 14.6. The SMILES string of the molecule is CC(NCC(C)N(C)C)c1ccc(C(F)(F)F)cc1. The van der Waals surface area contributed by atoms with Gasteiger partial charge in [-0.05, 0) is 45.6 Å². The second-order valence-corrected chi connectivity index (χ2v) is 5.06. The highest BCUT2D eigenvalue weighted by Crippen LogP contribution is 2.29. The Bertz CT molecular complexity index is 385. The smallest absolute Gasteiger partial charge is 0.309 e. The van der Waals surface area contributed by atoms with Crippen molar-refractivity contribution < 1.29 is 13.2 Å². The highest BCUT2D eigenvalue weighted by atomic mass is 19.4. The van der Waals surface area contributed by atoms with E-state index in [1.807, 2.05) is 21.0 Å². The number of hydrogen-bond acceptors (Lipinski definition) is 2. The molecule has 0 aliphatic carbocycles. The van der Waals surface area contributed by atoms with Gasteiger partial charge in [-0.15, -0.1) is 0 Å². The minimum absolute atomic E-state index is 0.0321. The number of hydrogen-bond donors (Lipinski definition) is 1. The first-order valence-electron chi connectivity index (χ1n) is 6.28. The van der Waals surface area contributed by atoms with E-state index >= 15 is 0 Å². The fourth-order valence-electron chi connectivity index (χ4n) is 1.61. The summed E-state index contributed by atoms with van der Waals surface area (Å²) in [6.45, 7) is 4.83. The summed E-state index contributed by atoms with van der Waals surface area (Å²) in [5.74, 6) is 0. The molecule has 0 fully saturated rings. The van der Waals surface area contributed by atoms with Gasteiger partial charge in [0.15, 0.2) is 0 Å². The molecule has 5 heteroatoms. The van der Waals surface area contributed by atoms with Crippen molar-refractivity contribution in [2.24, 2.45) is 0 Å². The van der Waals surface area contributed by atoms with Gasteiger partial charge in [0.2, 0.25) is 0 Å². The Kier molecular flexibility index (Phi) is 5.38. The minimum Gasteiger partial charge on any atom is -0.309 e. The van der Waals surface area contributed by atoms with Crippen LogP contribution in [0.25, 0.3) is 0 Å². The standard InChI is InChI=1S/C14H21F3N2/c1-10(19(3)4)9-18-11(2)12-5-7-13(8-6-12)14(15,16)17/h5-8,10-11,18H,9H2,1-4H3. The average Bonchev–Trinajstić information content (AvgIpc) is 2.34. The Labute approximate surface area is 112 Å². The predicted molar refractivity (Wildman–Crippen MR) is 71.0 cm³/mol. The van der Waals surface area contributed by atoms with Crippen LogP contribution in [0.1, 0.15) is 31.0 Å². The van der Waals surface area contributed by atoms with Crippen molar-refractivity contribution >= 4 is 0 Å². The van der Waals surface area contributed by atoms with Gasteiger partial charge in [0.05, 0.1) is 5.56 Å². The molecular weight excluding hydrogens is 253 g/mol. The summed E-state index contributed by atoms with van der Waals surface area (Å²) in [6, 6.07) is 5.72. The van der Waals surface area contributed by atoms with Gasteiger partial charge in [0.25, 0.3) is 0 Å². The van der Waals surface area contributed by atoms with Crippen LogP contribution in [0.4, 0.5) is 13.2 Å². The lowest BCUT2D eigenvalue weighted by atomic mass is 10.1. The van der Waals surface area contributed by atoms with Crippen molar-refractivity contribution in [3.8, 4) is 0 Å². The highest BCUT2D eigenvalue weighted by Gasteiger charge is 2.30. The van der Waals surface area contributed by atoms with Crippen molar-refractivity contribution in [3.63, 3.8) is 0 Å². The van der Waals surface area contributed by atoms with E-state index in [1.165, 1.54) is 12.1 Å². The van der Waals surface area contributed by atoms with Crippen molar-refractivity contribution in [1.29, 1.82) is 0 Å². The lowest BCUT2D eigenvalue weighted by Gasteiger charge is -2.23. The number of likely N-dealkylation sites (N-methyl/N-ethyl adjacent to an activating group) is 1. The van der Waals surface area contributed by atoms with Crippen LogP contribution in [0.2, 0.25) is 0 Å². The molecule has 1 N–H and O–H groups in total. The largest absolute Gasteiger partial charge is 0.416 e. The molecule has 2 unspecified atom stereocenters. The van der Waals surface area contributed by atoms with Gasteiger partial charge in [0.1, 0.15) is 0 Å². The topological polar surface area (TPSA) is 15.3 Å². The van der Waals surface area contributed by atoms with Gasteiger partial charge in [0, 0.05) is 18.6 Å². The molecule has 0 bridgehead atoms. The van der Waals surface area contributed by atoms with Crippen molar-refractivity contribution in [3.05, 3.63) is 35.4 Å². The van der Waals surface area contributed by atoms with Gasteiger partial charge in [-0.3, -0.25) is 0 Å². The Morgan fingerprint density at radius 1 is 1.11 bits per heavy atom. The number of benzene rings is 1. The molecule has 0 amide bonds. The van der Waals surface area contributed by atoms with Crippen LogP contribution in [-0.2, 0) is 6.18 Å². The summed E-state index contributed by atoms with van der Waals surface area (Å²) in [5.41, 5.74) is 0.254. The maximum Gasteiger partial charge on any atom is 0.416 e. The molecular formula is C14H21F3N2. The molecule has 0 saturated heterocycles. The van der Waals surface area contributed by atoms with E-state index in [9.17, 15) is 13.2 Å².